The van der Waals surface area contributed by atoms with E-state index in [2.05, 4.69) is 53.3 Å². The zero-order valence-electron chi connectivity index (χ0n) is 10.9. The minimum atomic E-state index is 0.202. The van der Waals surface area contributed by atoms with Crippen LogP contribution in [0.1, 0.15) is 43.0 Å². The van der Waals surface area contributed by atoms with E-state index in [9.17, 15) is 0 Å². The summed E-state index contributed by atoms with van der Waals surface area (Å²) >= 11 is 3.50. The van der Waals surface area contributed by atoms with E-state index in [1.807, 2.05) is 25.1 Å². The predicted octanol–water partition coefficient (Wildman–Crippen LogP) is 4.76. The first-order valence-corrected chi connectivity index (χ1v) is 6.93. The highest BCUT2D eigenvalue weighted by Crippen LogP contribution is 2.22. The van der Waals surface area contributed by atoms with Gasteiger partial charge in [0.25, 0.3) is 0 Å². The first kappa shape index (κ1) is 13.4. The molecule has 0 radical (unpaired) electrons. The van der Waals surface area contributed by atoms with Crippen molar-refractivity contribution in [2.45, 2.75) is 32.9 Å². The molecule has 2 aromatic rings. The van der Waals surface area contributed by atoms with Crippen molar-refractivity contribution in [3.8, 4) is 0 Å². The third-order valence-electron chi connectivity index (χ3n) is 3.04. The van der Waals surface area contributed by atoms with E-state index >= 15 is 0 Å². The van der Waals surface area contributed by atoms with Gasteiger partial charge in [0.1, 0.15) is 11.5 Å². The maximum absolute atomic E-state index is 5.63. The summed E-state index contributed by atoms with van der Waals surface area (Å²) in [4.78, 5) is 0. The lowest BCUT2D eigenvalue weighted by molar-refractivity contribution is 0.392. The van der Waals surface area contributed by atoms with Gasteiger partial charge in [-0.05, 0) is 50.6 Å². The fourth-order valence-electron chi connectivity index (χ4n) is 2.02. The van der Waals surface area contributed by atoms with Crippen LogP contribution in [0.4, 0.5) is 0 Å². The minimum Gasteiger partial charge on any atom is -0.465 e. The van der Waals surface area contributed by atoms with Crippen LogP contribution in [0, 0.1) is 6.92 Å². The lowest BCUT2D eigenvalue weighted by Crippen LogP contribution is -2.22. The lowest BCUT2D eigenvalue weighted by atomic mass is 10.1. The zero-order chi connectivity index (χ0) is 13.1. The summed E-state index contributed by atoms with van der Waals surface area (Å²) < 4.78 is 6.74. The van der Waals surface area contributed by atoms with Crippen molar-refractivity contribution in [2.75, 3.05) is 0 Å². The summed E-state index contributed by atoms with van der Waals surface area (Å²) in [5.74, 6) is 1.93. The number of rotatable bonds is 4. The smallest absolute Gasteiger partial charge is 0.120 e. The highest BCUT2D eigenvalue weighted by molar-refractivity contribution is 9.10. The summed E-state index contributed by atoms with van der Waals surface area (Å²) in [5.41, 5.74) is 1.26. The van der Waals surface area contributed by atoms with Gasteiger partial charge in [-0.1, -0.05) is 28.1 Å². The topological polar surface area (TPSA) is 25.2 Å². The molecule has 0 aliphatic rings. The number of aryl methyl sites for hydroxylation is 1. The number of hydrogen-bond acceptors (Lipinski definition) is 2. The number of hydrogen-bond donors (Lipinski definition) is 1. The standard InChI is InChI=1S/C15H18BrNO/c1-10-7-8-15(18-10)12(3)17-11(2)13-5-4-6-14(16)9-13/h4-9,11-12,17H,1-3H3/t11-,12?/m1/s1. The number of furan rings is 1. The Balaban J connectivity index is 2.05. The van der Waals surface area contributed by atoms with E-state index in [1.165, 1.54) is 5.56 Å². The predicted molar refractivity (Wildman–Crippen MR) is 77.6 cm³/mol. The van der Waals surface area contributed by atoms with Gasteiger partial charge in [0.15, 0.2) is 0 Å². The first-order chi connectivity index (χ1) is 8.56. The van der Waals surface area contributed by atoms with E-state index in [0.29, 0.717) is 0 Å². The molecule has 1 aromatic heterocycles. The van der Waals surface area contributed by atoms with Gasteiger partial charge in [-0.25, -0.2) is 0 Å². The molecule has 18 heavy (non-hydrogen) atoms. The van der Waals surface area contributed by atoms with Crippen molar-refractivity contribution < 1.29 is 4.42 Å². The molecular weight excluding hydrogens is 290 g/mol. The first-order valence-electron chi connectivity index (χ1n) is 6.14. The Hall–Kier alpha value is -1.06. The van der Waals surface area contributed by atoms with Crippen molar-refractivity contribution in [3.63, 3.8) is 0 Å². The van der Waals surface area contributed by atoms with Gasteiger partial charge in [-0.2, -0.15) is 0 Å². The average molecular weight is 308 g/mol. The van der Waals surface area contributed by atoms with Gasteiger partial charge in [-0.15, -0.1) is 0 Å². The number of halogens is 1. The number of benzene rings is 1. The third-order valence-corrected chi connectivity index (χ3v) is 3.53. The molecule has 1 heterocycles. The molecule has 0 amide bonds. The Bertz CT molecular complexity index is 521. The van der Waals surface area contributed by atoms with Crippen LogP contribution in [0.15, 0.2) is 45.3 Å². The van der Waals surface area contributed by atoms with Gasteiger partial charge in [0, 0.05) is 10.5 Å². The molecular formula is C15H18BrNO. The molecule has 2 atom stereocenters. The maximum Gasteiger partial charge on any atom is 0.120 e. The van der Waals surface area contributed by atoms with Crippen molar-refractivity contribution in [2.24, 2.45) is 0 Å². The van der Waals surface area contributed by atoms with Crippen LogP contribution in [0.25, 0.3) is 0 Å². The van der Waals surface area contributed by atoms with Crippen LogP contribution in [-0.2, 0) is 0 Å². The molecule has 2 rings (SSSR count). The quantitative estimate of drug-likeness (QED) is 0.880. The Morgan fingerprint density at radius 1 is 1.11 bits per heavy atom. The molecule has 0 bridgehead atoms. The number of nitrogens with one attached hydrogen (secondary N) is 1. The van der Waals surface area contributed by atoms with Gasteiger partial charge < -0.3 is 9.73 Å². The SMILES string of the molecule is Cc1ccc(C(C)N[C@H](C)c2cccc(Br)c2)o1. The third kappa shape index (κ3) is 3.24. The molecule has 1 unspecified atom stereocenters. The van der Waals surface area contributed by atoms with E-state index in [0.717, 1.165) is 16.0 Å². The van der Waals surface area contributed by atoms with E-state index in [4.69, 9.17) is 4.42 Å². The second kappa shape index (κ2) is 5.72. The Morgan fingerprint density at radius 3 is 2.50 bits per heavy atom. The van der Waals surface area contributed by atoms with Crippen molar-refractivity contribution in [1.29, 1.82) is 0 Å². The van der Waals surface area contributed by atoms with Crippen LogP contribution in [0.2, 0.25) is 0 Å². The summed E-state index contributed by atoms with van der Waals surface area (Å²) in [6.07, 6.45) is 0. The summed E-state index contributed by atoms with van der Waals surface area (Å²) in [5, 5.41) is 3.54. The van der Waals surface area contributed by atoms with E-state index in [-0.39, 0.29) is 12.1 Å². The molecule has 0 saturated carbocycles. The van der Waals surface area contributed by atoms with Crippen LogP contribution < -0.4 is 5.32 Å². The fourth-order valence-corrected chi connectivity index (χ4v) is 2.43. The summed E-state index contributed by atoms with van der Waals surface area (Å²) in [6, 6.07) is 12.9. The van der Waals surface area contributed by atoms with Crippen LogP contribution in [0.5, 0.6) is 0 Å². The summed E-state index contributed by atoms with van der Waals surface area (Å²) in [7, 11) is 0. The summed E-state index contributed by atoms with van der Waals surface area (Å²) in [6.45, 7) is 6.24. The Labute approximate surface area is 117 Å². The van der Waals surface area contributed by atoms with Crippen molar-refractivity contribution in [1.82, 2.24) is 5.32 Å². The van der Waals surface area contributed by atoms with Crippen LogP contribution in [-0.4, -0.2) is 0 Å². The molecule has 0 saturated heterocycles. The minimum absolute atomic E-state index is 0.202. The van der Waals surface area contributed by atoms with Gasteiger partial charge >= 0.3 is 0 Å². The van der Waals surface area contributed by atoms with Crippen LogP contribution in [0.3, 0.4) is 0 Å². The zero-order valence-corrected chi connectivity index (χ0v) is 12.5. The second-order valence-electron chi connectivity index (χ2n) is 4.61. The molecule has 1 N–H and O–H groups in total. The molecule has 96 valence electrons. The van der Waals surface area contributed by atoms with Gasteiger partial charge in [-0.3, -0.25) is 0 Å². The van der Waals surface area contributed by atoms with Gasteiger partial charge in [0.05, 0.1) is 6.04 Å². The molecule has 0 aliphatic heterocycles. The van der Waals surface area contributed by atoms with E-state index in [1.54, 1.807) is 0 Å². The Kier molecular flexibility index (Phi) is 4.25. The van der Waals surface area contributed by atoms with E-state index < -0.39 is 0 Å². The molecule has 2 nitrogen and oxygen atoms in total. The highest BCUT2D eigenvalue weighted by Gasteiger charge is 2.13. The molecule has 1 aromatic carbocycles. The molecule has 0 spiro atoms. The monoisotopic (exact) mass is 307 g/mol. The fraction of sp³-hybridized carbons (Fsp3) is 0.333. The lowest BCUT2D eigenvalue weighted by Gasteiger charge is -2.19. The maximum atomic E-state index is 5.63. The molecule has 0 fully saturated rings. The molecule has 3 heteroatoms. The largest absolute Gasteiger partial charge is 0.465 e. The normalized spacial score (nSPS) is 14.4. The van der Waals surface area contributed by atoms with Gasteiger partial charge in [0.2, 0.25) is 0 Å². The van der Waals surface area contributed by atoms with Crippen molar-refractivity contribution >= 4 is 15.9 Å². The van der Waals surface area contributed by atoms with Crippen molar-refractivity contribution in [3.05, 3.63) is 58.0 Å². The second-order valence-corrected chi connectivity index (χ2v) is 5.53. The molecule has 0 aliphatic carbocycles. The van der Waals surface area contributed by atoms with Crippen LogP contribution >= 0.6 is 15.9 Å². The highest BCUT2D eigenvalue weighted by atomic mass is 79.9. The average Bonchev–Trinajstić information content (AvgIpc) is 2.76. The Morgan fingerprint density at radius 2 is 1.89 bits per heavy atom.